The van der Waals surface area contributed by atoms with Crippen molar-refractivity contribution in [2.75, 3.05) is 12.4 Å². The molecule has 2 aromatic carbocycles. The van der Waals surface area contributed by atoms with Gasteiger partial charge in [-0.05, 0) is 44.2 Å². The zero-order chi connectivity index (χ0) is 20.4. The number of hydrogen-bond acceptors (Lipinski definition) is 7. The average molecular weight is 409 g/mol. The van der Waals surface area contributed by atoms with Crippen LogP contribution in [0, 0.1) is 0 Å². The van der Waals surface area contributed by atoms with E-state index >= 15 is 0 Å². The molecule has 0 spiro atoms. The van der Waals surface area contributed by atoms with E-state index in [1.165, 1.54) is 11.3 Å². The third-order valence-corrected chi connectivity index (χ3v) is 5.21. The molecule has 0 aliphatic rings. The summed E-state index contributed by atoms with van der Waals surface area (Å²) in [6, 6.07) is 14.7. The highest BCUT2D eigenvalue weighted by molar-refractivity contribution is 7.19. The maximum absolute atomic E-state index is 12.9. The summed E-state index contributed by atoms with van der Waals surface area (Å²) in [5.74, 6) is 0.865. The van der Waals surface area contributed by atoms with E-state index in [-0.39, 0.29) is 5.91 Å². The molecule has 4 rings (SSSR count). The van der Waals surface area contributed by atoms with E-state index in [4.69, 9.17) is 9.47 Å². The van der Waals surface area contributed by atoms with Gasteiger partial charge in [-0.2, -0.15) is 9.61 Å². The molecule has 0 atom stereocenters. The van der Waals surface area contributed by atoms with Crippen LogP contribution >= 0.6 is 11.3 Å². The van der Waals surface area contributed by atoms with E-state index in [0.29, 0.717) is 22.1 Å². The largest absolute Gasteiger partial charge is 0.495 e. The van der Waals surface area contributed by atoms with Gasteiger partial charge in [-0.3, -0.25) is 4.79 Å². The van der Waals surface area contributed by atoms with Crippen LogP contribution < -0.4 is 14.8 Å². The van der Waals surface area contributed by atoms with Crippen LogP contribution in [0.3, 0.4) is 0 Å². The van der Waals surface area contributed by atoms with E-state index in [1.807, 2.05) is 42.5 Å². The maximum atomic E-state index is 12.9. The van der Waals surface area contributed by atoms with E-state index in [0.717, 1.165) is 10.6 Å². The van der Waals surface area contributed by atoms with Crippen molar-refractivity contribution in [3.05, 3.63) is 54.9 Å². The van der Waals surface area contributed by atoms with Gasteiger partial charge in [-0.15, -0.1) is 10.2 Å². The van der Waals surface area contributed by atoms with Gasteiger partial charge in [0.05, 0.1) is 12.8 Å². The van der Waals surface area contributed by atoms with Gasteiger partial charge in [0, 0.05) is 5.56 Å². The molecule has 0 saturated heterocycles. The molecule has 0 fully saturated rings. The monoisotopic (exact) mass is 409 g/mol. The summed E-state index contributed by atoms with van der Waals surface area (Å²) in [5.41, 5.74) is 0.278. The van der Waals surface area contributed by atoms with Crippen LogP contribution in [0.2, 0.25) is 0 Å². The standard InChI is InChI=1S/C20H19N5O3S/c1-20(2,28-14-7-5-4-6-8-14)18(26)22-15-11-13(9-10-16(15)27-3)17-24-25-12-21-23-19(25)29-17/h4-12H,1-3H3,(H,22,26). The number of ether oxygens (including phenoxy) is 2. The molecule has 0 unspecified atom stereocenters. The molecular weight excluding hydrogens is 390 g/mol. The Morgan fingerprint density at radius 1 is 1.17 bits per heavy atom. The number of aromatic nitrogens is 4. The molecular formula is C20H19N5O3S. The first-order valence-electron chi connectivity index (χ1n) is 8.87. The van der Waals surface area contributed by atoms with E-state index in [2.05, 4.69) is 20.6 Å². The Balaban J connectivity index is 1.59. The fraction of sp³-hybridized carbons (Fsp3) is 0.200. The molecule has 0 saturated carbocycles. The summed E-state index contributed by atoms with van der Waals surface area (Å²) >= 11 is 1.41. The number of nitrogens with one attached hydrogen (secondary N) is 1. The molecule has 1 N–H and O–H groups in total. The summed E-state index contributed by atoms with van der Waals surface area (Å²) in [6.07, 6.45) is 1.55. The molecule has 0 bridgehead atoms. The lowest BCUT2D eigenvalue weighted by atomic mass is 10.1. The van der Waals surface area contributed by atoms with Crippen LogP contribution in [-0.2, 0) is 4.79 Å². The summed E-state index contributed by atoms with van der Waals surface area (Å²) in [7, 11) is 1.55. The zero-order valence-electron chi connectivity index (χ0n) is 16.1. The topological polar surface area (TPSA) is 90.6 Å². The Bertz CT molecular complexity index is 1120. The van der Waals surface area contributed by atoms with Crippen LogP contribution in [0.25, 0.3) is 15.5 Å². The van der Waals surface area contributed by atoms with Crippen molar-refractivity contribution in [3.63, 3.8) is 0 Å². The minimum atomic E-state index is -1.09. The second-order valence-electron chi connectivity index (χ2n) is 6.76. The molecule has 2 aromatic heterocycles. The molecule has 148 valence electrons. The minimum absolute atomic E-state index is 0.296. The number of para-hydroxylation sites is 1. The van der Waals surface area contributed by atoms with Crippen molar-refractivity contribution in [2.24, 2.45) is 0 Å². The molecule has 4 aromatic rings. The van der Waals surface area contributed by atoms with E-state index < -0.39 is 5.60 Å². The first kappa shape index (κ1) is 18.9. The van der Waals surface area contributed by atoms with Crippen LogP contribution in [0.15, 0.2) is 54.9 Å². The number of anilines is 1. The highest BCUT2D eigenvalue weighted by atomic mass is 32.1. The highest BCUT2D eigenvalue weighted by Crippen LogP contribution is 2.33. The van der Waals surface area contributed by atoms with E-state index in [1.54, 1.807) is 37.9 Å². The molecule has 9 heteroatoms. The lowest BCUT2D eigenvalue weighted by molar-refractivity contribution is -0.128. The Morgan fingerprint density at radius 3 is 2.69 bits per heavy atom. The molecule has 2 heterocycles. The van der Waals surface area contributed by atoms with Gasteiger partial charge in [0.15, 0.2) is 5.60 Å². The van der Waals surface area contributed by atoms with Crippen LogP contribution in [0.1, 0.15) is 13.8 Å². The molecule has 0 aliphatic heterocycles. The zero-order valence-corrected chi connectivity index (χ0v) is 16.9. The number of fused-ring (bicyclic) bond motifs is 1. The molecule has 0 aliphatic carbocycles. The second-order valence-corrected chi connectivity index (χ2v) is 7.72. The Labute approximate surface area is 171 Å². The van der Waals surface area contributed by atoms with E-state index in [9.17, 15) is 4.79 Å². The smallest absolute Gasteiger partial charge is 0.268 e. The first-order chi connectivity index (χ1) is 14.0. The molecule has 1 amide bonds. The van der Waals surface area contributed by atoms with Crippen molar-refractivity contribution in [2.45, 2.75) is 19.4 Å². The Kier molecular flexibility index (Phi) is 4.89. The van der Waals surface area contributed by atoms with Gasteiger partial charge >= 0.3 is 0 Å². The third-order valence-electron chi connectivity index (χ3n) is 4.24. The van der Waals surface area contributed by atoms with Crippen molar-refractivity contribution < 1.29 is 14.3 Å². The van der Waals surface area contributed by atoms with Gasteiger partial charge in [0.2, 0.25) is 4.96 Å². The summed E-state index contributed by atoms with van der Waals surface area (Å²) in [5, 5.41) is 15.9. The number of carbonyl (C=O) groups is 1. The van der Waals surface area contributed by atoms with Crippen LogP contribution in [0.5, 0.6) is 11.5 Å². The SMILES string of the molecule is COc1ccc(-c2nn3cnnc3s2)cc1NC(=O)C(C)(C)Oc1ccccc1. The number of methoxy groups -OCH3 is 1. The van der Waals surface area contributed by atoms with Gasteiger partial charge in [0.25, 0.3) is 5.91 Å². The van der Waals surface area contributed by atoms with Crippen molar-refractivity contribution in [1.82, 2.24) is 19.8 Å². The molecule has 8 nitrogen and oxygen atoms in total. The third kappa shape index (κ3) is 3.90. The fourth-order valence-electron chi connectivity index (χ4n) is 2.72. The van der Waals surface area contributed by atoms with Crippen molar-refractivity contribution in [3.8, 4) is 22.1 Å². The predicted octanol–water partition coefficient (Wildman–Crippen LogP) is 3.66. The average Bonchev–Trinajstić information content (AvgIpc) is 3.30. The summed E-state index contributed by atoms with van der Waals surface area (Å²) in [6.45, 7) is 3.43. The molecule has 29 heavy (non-hydrogen) atoms. The van der Waals surface area contributed by atoms with Gasteiger partial charge in [-0.25, -0.2) is 0 Å². The number of nitrogens with zero attached hydrogens (tertiary/aromatic N) is 4. The van der Waals surface area contributed by atoms with Crippen LogP contribution in [-0.4, -0.2) is 38.4 Å². The quantitative estimate of drug-likeness (QED) is 0.523. The highest BCUT2D eigenvalue weighted by Gasteiger charge is 2.31. The fourth-order valence-corrected chi connectivity index (χ4v) is 3.53. The predicted molar refractivity (Wildman–Crippen MR) is 110 cm³/mol. The van der Waals surface area contributed by atoms with Gasteiger partial charge < -0.3 is 14.8 Å². The number of rotatable bonds is 6. The summed E-state index contributed by atoms with van der Waals surface area (Å²) < 4.78 is 12.9. The Morgan fingerprint density at radius 2 is 1.97 bits per heavy atom. The Hall–Kier alpha value is -3.46. The normalized spacial score (nSPS) is 11.4. The lowest BCUT2D eigenvalue weighted by Crippen LogP contribution is -2.42. The number of benzene rings is 2. The van der Waals surface area contributed by atoms with Crippen molar-refractivity contribution >= 4 is 27.9 Å². The maximum Gasteiger partial charge on any atom is 0.268 e. The number of hydrogen-bond donors (Lipinski definition) is 1. The van der Waals surface area contributed by atoms with Crippen LogP contribution in [0.4, 0.5) is 5.69 Å². The second kappa shape index (κ2) is 7.51. The van der Waals surface area contributed by atoms with Crippen molar-refractivity contribution in [1.29, 1.82) is 0 Å². The first-order valence-corrected chi connectivity index (χ1v) is 9.69. The lowest BCUT2D eigenvalue weighted by Gasteiger charge is -2.25. The minimum Gasteiger partial charge on any atom is -0.495 e. The number of carbonyl (C=O) groups excluding carboxylic acids is 1. The molecule has 0 radical (unpaired) electrons. The number of amides is 1. The van der Waals surface area contributed by atoms with Gasteiger partial charge in [0.1, 0.15) is 22.8 Å². The summed E-state index contributed by atoms with van der Waals surface area (Å²) in [4.78, 5) is 13.6. The van der Waals surface area contributed by atoms with Gasteiger partial charge in [-0.1, -0.05) is 29.5 Å².